The van der Waals surface area contributed by atoms with Gasteiger partial charge in [-0.25, -0.2) is 0 Å². The van der Waals surface area contributed by atoms with Gasteiger partial charge in [0, 0.05) is 25.3 Å². The Kier molecular flexibility index (Phi) is 5.64. The fourth-order valence-electron chi connectivity index (χ4n) is 2.97. The van der Waals surface area contributed by atoms with Crippen molar-refractivity contribution in [2.75, 3.05) is 18.0 Å². The van der Waals surface area contributed by atoms with Crippen LogP contribution in [0.25, 0.3) is 0 Å². The Morgan fingerprint density at radius 3 is 3.05 bits per heavy atom. The van der Waals surface area contributed by atoms with E-state index in [9.17, 15) is 0 Å². The number of nitrogens with zero attached hydrogens (tertiary/aromatic N) is 2. The number of hydrogen-bond acceptors (Lipinski definition) is 3. The monoisotopic (exact) mass is 261 g/mol. The number of hydrogen-bond donors (Lipinski definition) is 1. The molecule has 3 heteroatoms. The van der Waals surface area contributed by atoms with Gasteiger partial charge in [-0.1, -0.05) is 13.8 Å². The standard InChI is InChI=1S/C16H27N3/c1-3-9-17-12-14-8-10-18-13-16(14)19-11-6-5-7-15(19)4-2/h8,10,13,15,17H,3-7,9,11-12H2,1-2H3. The van der Waals surface area contributed by atoms with Crippen LogP contribution >= 0.6 is 0 Å². The third-order valence-electron chi connectivity index (χ3n) is 4.04. The second kappa shape index (κ2) is 7.49. The molecule has 0 bridgehead atoms. The second-order valence-electron chi connectivity index (χ2n) is 5.43. The van der Waals surface area contributed by atoms with Crippen LogP contribution < -0.4 is 10.2 Å². The number of pyridine rings is 1. The highest BCUT2D eigenvalue weighted by Crippen LogP contribution is 2.28. The lowest BCUT2D eigenvalue weighted by atomic mass is 9.98. The molecule has 19 heavy (non-hydrogen) atoms. The van der Waals surface area contributed by atoms with E-state index in [0.717, 1.165) is 13.1 Å². The van der Waals surface area contributed by atoms with Crippen LogP contribution in [-0.4, -0.2) is 24.1 Å². The molecule has 1 atom stereocenters. The van der Waals surface area contributed by atoms with E-state index in [4.69, 9.17) is 0 Å². The minimum atomic E-state index is 0.697. The van der Waals surface area contributed by atoms with E-state index in [2.05, 4.69) is 41.3 Å². The van der Waals surface area contributed by atoms with Gasteiger partial charge in [0.2, 0.25) is 0 Å². The zero-order valence-corrected chi connectivity index (χ0v) is 12.4. The van der Waals surface area contributed by atoms with Crippen LogP contribution in [0.5, 0.6) is 0 Å². The summed E-state index contributed by atoms with van der Waals surface area (Å²) in [6.07, 6.45) is 10.4. The lowest BCUT2D eigenvalue weighted by molar-refractivity contribution is 0.448. The first-order valence-electron chi connectivity index (χ1n) is 7.77. The zero-order chi connectivity index (χ0) is 13.5. The smallest absolute Gasteiger partial charge is 0.0600 e. The Hall–Kier alpha value is -1.09. The first-order valence-corrected chi connectivity index (χ1v) is 7.77. The molecule has 106 valence electrons. The summed E-state index contributed by atoms with van der Waals surface area (Å²) >= 11 is 0. The molecule has 1 aliphatic heterocycles. The Balaban J connectivity index is 2.12. The highest BCUT2D eigenvalue weighted by Gasteiger charge is 2.22. The van der Waals surface area contributed by atoms with Crippen molar-refractivity contribution < 1.29 is 0 Å². The van der Waals surface area contributed by atoms with Crippen LogP contribution in [0.1, 0.15) is 51.5 Å². The van der Waals surface area contributed by atoms with Crippen LogP contribution in [0.3, 0.4) is 0 Å². The largest absolute Gasteiger partial charge is 0.367 e. The van der Waals surface area contributed by atoms with Gasteiger partial charge >= 0.3 is 0 Å². The van der Waals surface area contributed by atoms with E-state index in [1.807, 2.05) is 6.20 Å². The molecule has 1 N–H and O–H groups in total. The molecule has 0 aromatic carbocycles. The summed E-state index contributed by atoms with van der Waals surface area (Å²) in [6.45, 7) is 7.73. The van der Waals surface area contributed by atoms with E-state index < -0.39 is 0 Å². The molecule has 1 aliphatic rings. The average molecular weight is 261 g/mol. The van der Waals surface area contributed by atoms with E-state index in [1.54, 1.807) is 0 Å². The average Bonchev–Trinajstić information content (AvgIpc) is 2.48. The van der Waals surface area contributed by atoms with E-state index in [0.29, 0.717) is 6.04 Å². The van der Waals surface area contributed by atoms with Gasteiger partial charge < -0.3 is 10.2 Å². The molecule has 0 radical (unpaired) electrons. The van der Waals surface area contributed by atoms with Crippen molar-refractivity contribution in [1.82, 2.24) is 10.3 Å². The number of nitrogens with one attached hydrogen (secondary N) is 1. The third kappa shape index (κ3) is 3.69. The van der Waals surface area contributed by atoms with Gasteiger partial charge in [-0.3, -0.25) is 4.98 Å². The van der Waals surface area contributed by atoms with E-state index >= 15 is 0 Å². The Bertz CT molecular complexity index is 378. The maximum Gasteiger partial charge on any atom is 0.0600 e. The predicted octanol–water partition coefficient (Wildman–Crippen LogP) is 3.35. The minimum Gasteiger partial charge on any atom is -0.367 e. The van der Waals surface area contributed by atoms with Crippen LogP contribution in [-0.2, 0) is 6.54 Å². The minimum absolute atomic E-state index is 0.697. The van der Waals surface area contributed by atoms with E-state index in [-0.39, 0.29) is 0 Å². The molecule has 3 nitrogen and oxygen atoms in total. The summed E-state index contributed by atoms with van der Waals surface area (Å²) in [5, 5.41) is 3.51. The van der Waals surface area contributed by atoms with Crippen molar-refractivity contribution in [3.63, 3.8) is 0 Å². The summed E-state index contributed by atoms with van der Waals surface area (Å²) in [5.41, 5.74) is 2.74. The molecular formula is C16H27N3. The lowest BCUT2D eigenvalue weighted by Crippen LogP contribution is -2.40. The highest BCUT2D eigenvalue weighted by molar-refractivity contribution is 5.52. The molecule has 0 amide bonds. The van der Waals surface area contributed by atoms with Gasteiger partial charge in [0.15, 0.2) is 0 Å². The van der Waals surface area contributed by atoms with Gasteiger partial charge in [0.1, 0.15) is 0 Å². The number of anilines is 1. The van der Waals surface area contributed by atoms with Crippen molar-refractivity contribution in [1.29, 1.82) is 0 Å². The molecule has 1 aromatic heterocycles. The van der Waals surface area contributed by atoms with Gasteiger partial charge in [0.05, 0.1) is 11.9 Å². The van der Waals surface area contributed by atoms with Crippen LogP contribution in [0.4, 0.5) is 5.69 Å². The van der Waals surface area contributed by atoms with Gasteiger partial charge in [0.25, 0.3) is 0 Å². The van der Waals surface area contributed by atoms with Crippen LogP contribution in [0.2, 0.25) is 0 Å². The van der Waals surface area contributed by atoms with Crippen molar-refractivity contribution in [3.8, 4) is 0 Å². The van der Waals surface area contributed by atoms with Crippen molar-refractivity contribution in [2.45, 2.75) is 58.5 Å². The fraction of sp³-hybridized carbons (Fsp3) is 0.688. The first kappa shape index (κ1) is 14.3. The van der Waals surface area contributed by atoms with Gasteiger partial charge in [-0.05, 0) is 50.3 Å². The molecule has 1 saturated heterocycles. The normalized spacial score (nSPS) is 19.7. The topological polar surface area (TPSA) is 28.2 Å². The zero-order valence-electron chi connectivity index (χ0n) is 12.4. The van der Waals surface area contributed by atoms with Crippen LogP contribution in [0, 0.1) is 0 Å². The number of rotatable bonds is 6. The Morgan fingerprint density at radius 2 is 2.26 bits per heavy atom. The fourth-order valence-corrected chi connectivity index (χ4v) is 2.97. The second-order valence-corrected chi connectivity index (χ2v) is 5.43. The SMILES string of the molecule is CCCNCc1ccncc1N1CCCCC1CC. The number of piperidine rings is 1. The van der Waals surface area contributed by atoms with E-state index in [1.165, 1.54) is 49.9 Å². The Morgan fingerprint density at radius 1 is 1.37 bits per heavy atom. The summed E-state index contributed by atoms with van der Waals surface area (Å²) in [6, 6.07) is 2.86. The first-order chi connectivity index (χ1) is 9.36. The molecule has 1 fully saturated rings. The molecule has 1 unspecified atom stereocenters. The maximum absolute atomic E-state index is 4.35. The van der Waals surface area contributed by atoms with Crippen molar-refractivity contribution in [3.05, 3.63) is 24.0 Å². The summed E-state index contributed by atoms with van der Waals surface area (Å²) in [5.74, 6) is 0. The van der Waals surface area contributed by atoms with Crippen LogP contribution in [0.15, 0.2) is 18.5 Å². The summed E-state index contributed by atoms with van der Waals surface area (Å²) in [4.78, 5) is 6.93. The maximum atomic E-state index is 4.35. The molecule has 2 heterocycles. The molecule has 2 rings (SSSR count). The molecule has 0 spiro atoms. The molecular weight excluding hydrogens is 234 g/mol. The molecule has 0 aliphatic carbocycles. The van der Waals surface area contributed by atoms with Crippen molar-refractivity contribution in [2.24, 2.45) is 0 Å². The molecule has 0 saturated carbocycles. The molecule has 1 aromatic rings. The highest BCUT2D eigenvalue weighted by atomic mass is 15.2. The number of aromatic nitrogens is 1. The third-order valence-corrected chi connectivity index (χ3v) is 4.04. The van der Waals surface area contributed by atoms with Crippen molar-refractivity contribution >= 4 is 5.69 Å². The van der Waals surface area contributed by atoms with Gasteiger partial charge in [-0.15, -0.1) is 0 Å². The summed E-state index contributed by atoms with van der Waals surface area (Å²) < 4.78 is 0. The quantitative estimate of drug-likeness (QED) is 0.796. The summed E-state index contributed by atoms with van der Waals surface area (Å²) in [7, 11) is 0. The Labute approximate surface area is 117 Å². The predicted molar refractivity (Wildman–Crippen MR) is 81.5 cm³/mol. The van der Waals surface area contributed by atoms with Gasteiger partial charge in [-0.2, -0.15) is 0 Å². The lowest BCUT2D eigenvalue weighted by Gasteiger charge is -2.38.